The number of hydrogen-bond acceptors (Lipinski definition) is 6. The Kier molecular flexibility index (Phi) is 23.3. The molecule has 0 aliphatic carbocycles. The quantitative estimate of drug-likeness (QED) is 0.0753. The summed E-state index contributed by atoms with van der Waals surface area (Å²) in [6.07, 6.45) is 1.97. The van der Waals surface area contributed by atoms with Crippen LogP contribution in [0, 0.1) is 0 Å². The molecule has 2 aromatic rings. The average Bonchev–Trinajstić information content (AvgIpc) is 2.99. The third-order valence-corrected chi connectivity index (χ3v) is 12.7. The van der Waals surface area contributed by atoms with Gasteiger partial charge in [-0.3, -0.25) is 9.59 Å². The molecule has 0 atom stereocenters. The topological polar surface area (TPSA) is 99.9 Å². The highest BCUT2D eigenvalue weighted by Crippen LogP contribution is 2.15. The summed E-state index contributed by atoms with van der Waals surface area (Å²) in [6, 6.07) is 16.3. The first-order valence-electron chi connectivity index (χ1n) is 14.8. The van der Waals surface area contributed by atoms with Crippen molar-refractivity contribution in [2.45, 2.75) is 77.1 Å². The Bertz CT molecular complexity index is 1020. The molecule has 1 amide bonds. The molecule has 2 aromatic carbocycles. The lowest BCUT2D eigenvalue weighted by Gasteiger charge is -2.25. The zero-order valence-corrected chi connectivity index (χ0v) is 30.9. The van der Waals surface area contributed by atoms with E-state index in [1.807, 2.05) is 45.0 Å². The van der Waals surface area contributed by atoms with Crippen LogP contribution in [0.25, 0.3) is 0 Å². The van der Waals surface area contributed by atoms with Gasteiger partial charge >= 0.3 is 8.56 Å². The number of benzene rings is 2. The summed E-state index contributed by atoms with van der Waals surface area (Å²) in [5.74, 6) is 0.900. The second kappa shape index (κ2) is 24.0. The summed E-state index contributed by atoms with van der Waals surface area (Å²) < 4.78 is 17.0. The number of halogens is 3. The van der Waals surface area contributed by atoms with Crippen LogP contribution in [0.1, 0.15) is 65.5 Å². The maximum Gasteiger partial charge on any atom is 0.334 e. The van der Waals surface area contributed by atoms with E-state index in [0.717, 1.165) is 62.4 Å². The van der Waals surface area contributed by atoms with Gasteiger partial charge in [-0.25, -0.2) is 0 Å². The van der Waals surface area contributed by atoms with E-state index in [-0.39, 0.29) is 5.91 Å². The molecule has 0 heterocycles. The molecule has 2 rings (SSSR count). The van der Waals surface area contributed by atoms with Crippen LogP contribution < -0.4 is 11.1 Å². The largest absolute Gasteiger partial charge is 0.418 e. The number of alkyl halides is 2. The minimum absolute atomic E-state index is 0.0259. The van der Waals surface area contributed by atoms with Gasteiger partial charge < -0.3 is 24.3 Å². The number of hydrogen-bond donors (Lipinski definition) is 2. The van der Waals surface area contributed by atoms with Crippen LogP contribution >= 0.6 is 34.8 Å². The number of carbonyl (C=O) groups is 2. The van der Waals surface area contributed by atoms with Gasteiger partial charge in [0, 0.05) is 49.3 Å². The smallest absolute Gasteiger partial charge is 0.334 e. The van der Waals surface area contributed by atoms with Gasteiger partial charge in [-0.2, -0.15) is 0 Å². The van der Waals surface area contributed by atoms with Crippen molar-refractivity contribution in [2.24, 2.45) is 5.73 Å². The third kappa shape index (κ3) is 19.7. The van der Waals surface area contributed by atoms with Crippen LogP contribution in [-0.4, -0.2) is 60.9 Å². The standard InChI is InChI=1S/C15H24ClNO2Si.C8H6Cl2O.C8H21NO2Si/c1-4-19-20(2,3)11-5-10-17-15(18)14-8-6-13(12-16)7-9-14;9-5-6-1-3-7(4-2-6)8(10)11;1-4-10-12(3,11-5-2)8-6-7-9/h6-9H,4-5,10-12H2,1-3H3,(H,17,18);1-4H,5H2;4-9H2,1-3H3. The summed E-state index contributed by atoms with van der Waals surface area (Å²) in [5.41, 5.74) is 8.62. The fourth-order valence-corrected chi connectivity index (χ4v) is 8.85. The Morgan fingerprint density at radius 2 is 1.21 bits per heavy atom. The summed E-state index contributed by atoms with van der Waals surface area (Å²) in [7, 11) is -3.38. The third-order valence-electron chi connectivity index (χ3n) is 6.22. The zero-order valence-electron chi connectivity index (χ0n) is 26.6. The summed E-state index contributed by atoms with van der Waals surface area (Å²) in [4.78, 5) is 22.5. The highest BCUT2D eigenvalue weighted by Gasteiger charge is 2.29. The van der Waals surface area contributed by atoms with E-state index < -0.39 is 22.1 Å². The molecule has 0 aliphatic rings. The van der Waals surface area contributed by atoms with E-state index in [0.29, 0.717) is 29.4 Å². The van der Waals surface area contributed by atoms with E-state index in [2.05, 4.69) is 25.0 Å². The van der Waals surface area contributed by atoms with Crippen molar-refractivity contribution in [2.75, 3.05) is 32.9 Å². The molecule has 3 N–H and O–H groups in total. The van der Waals surface area contributed by atoms with Crippen LogP contribution in [-0.2, 0) is 25.0 Å². The highest BCUT2D eigenvalue weighted by atomic mass is 35.5. The fraction of sp³-hybridized carbons (Fsp3) is 0.548. The summed E-state index contributed by atoms with van der Waals surface area (Å²) in [5, 5.41) is 2.51. The molecule has 12 heteroatoms. The maximum absolute atomic E-state index is 11.9. The van der Waals surface area contributed by atoms with Crippen molar-refractivity contribution in [3.63, 3.8) is 0 Å². The van der Waals surface area contributed by atoms with Crippen LogP contribution in [0.3, 0.4) is 0 Å². The first-order valence-corrected chi connectivity index (χ1v) is 21.9. The van der Waals surface area contributed by atoms with Crippen molar-refractivity contribution in [3.05, 3.63) is 70.8 Å². The predicted molar refractivity (Wildman–Crippen MR) is 186 cm³/mol. The van der Waals surface area contributed by atoms with E-state index in [9.17, 15) is 9.59 Å². The number of nitrogens with one attached hydrogen (secondary N) is 1. The summed E-state index contributed by atoms with van der Waals surface area (Å²) in [6.45, 7) is 16.3. The maximum atomic E-state index is 11.9. The number of rotatable bonds is 17. The fourth-order valence-electron chi connectivity index (χ4n) is 3.97. The molecular formula is C31H51Cl3N2O5Si2. The molecule has 7 nitrogen and oxygen atoms in total. The molecule has 0 aliphatic heterocycles. The Hall–Kier alpha value is -1.28. The van der Waals surface area contributed by atoms with E-state index in [1.54, 1.807) is 24.3 Å². The van der Waals surface area contributed by atoms with Gasteiger partial charge in [0.05, 0.1) is 0 Å². The minimum Gasteiger partial charge on any atom is -0.418 e. The van der Waals surface area contributed by atoms with Crippen LogP contribution in [0.15, 0.2) is 48.5 Å². The van der Waals surface area contributed by atoms with Gasteiger partial charge in [0.1, 0.15) is 0 Å². The monoisotopic (exact) mass is 692 g/mol. The van der Waals surface area contributed by atoms with E-state index >= 15 is 0 Å². The van der Waals surface area contributed by atoms with Crippen LogP contribution in [0.4, 0.5) is 0 Å². The van der Waals surface area contributed by atoms with Crippen molar-refractivity contribution >= 4 is 62.8 Å². The molecule has 0 saturated carbocycles. The first kappa shape index (κ1) is 41.7. The van der Waals surface area contributed by atoms with Gasteiger partial charge in [0.15, 0.2) is 8.32 Å². The molecule has 0 spiro atoms. The molecule has 244 valence electrons. The Morgan fingerprint density at radius 3 is 1.60 bits per heavy atom. The van der Waals surface area contributed by atoms with Crippen molar-refractivity contribution in [1.82, 2.24) is 5.32 Å². The second-order valence-corrected chi connectivity index (χ2v) is 18.9. The number of nitrogens with two attached hydrogens (primary N) is 1. The molecule has 0 saturated heterocycles. The molecule has 0 fully saturated rings. The van der Waals surface area contributed by atoms with E-state index in [4.69, 9.17) is 53.8 Å². The van der Waals surface area contributed by atoms with E-state index in [1.165, 1.54) is 0 Å². The SMILES string of the molecule is CCO[Si](C)(C)CCCNC(=O)c1ccc(CCl)cc1.CCO[Si](C)(CCCN)OCC.O=C(Cl)c1ccc(CCl)cc1. The molecule has 0 bridgehead atoms. The molecule has 0 unspecified atom stereocenters. The second-order valence-electron chi connectivity index (χ2n) is 10.4. The Morgan fingerprint density at radius 1 is 0.744 bits per heavy atom. The number of amides is 1. The van der Waals surface area contributed by atoms with Crippen LogP contribution in [0.5, 0.6) is 0 Å². The van der Waals surface area contributed by atoms with Gasteiger partial charge in [-0.05, 0) is 119 Å². The summed E-state index contributed by atoms with van der Waals surface area (Å²) >= 11 is 16.5. The van der Waals surface area contributed by atoms with Crippen molar-refractivity contribution in [3.8, 4) is 0 Å². The first-order chi connectivity index (χ1) is 20.4. The lowest BCUT2D eigenvalue weighted by Crippen LogP contribution is -2.39. The Balaban J connectivity index is 0.000000659. The van der Waals surface area contributed by atoms with Gasteiger partial charge in [-0.1, -0.05) is 24.3 Å². The molecule has 0 aromatic heterocycles. The molecule has 43 heavy (non-hydrogen) atoms. The highest BCUT2D eigenvalue weighted by molar-refractivity contribution is 6.71. The van der Waals surface area contributed by atoms with Gasteiger partial charge in [-0.15, -0.1) is 23.2 Å². The van der Waals surface area contributed by atoms with Gasteiger partial charge in [0.25, 0.3) is 11.1 Å². The van der Waals surface area contributed by atoms with Crippen LogP contribution in [0.2, 0.25) is 31.7 Å². The zero-order chi connectivity index (χ0) is 32.7. The lowest BCUT2D eigenvalue weighted by atomic mass is 10.1. The Labute approximate surface area is 276 Å². The predicted octanol–water partition coefficient (Wildman–Crippen LogP) is 8.07. The molecular weight excluding hydrogens is 643 g/mol. The van der Waals surface area contributed by atoms with Crippen molar-refractivity contribution in [1.29, 1.82) is 0 Å². The minimum atomic E-state index is -1.85. The average molecular weight is 694 g/mol. The van der Waals surface area contributed by atoms with Gasteiger partial charge in [0.2, 0.25) is 0 Å². The lowest BCUT2D eigenvalue weighted by molar-refractivity contribution is 0.0953. The molecule has 0 radical (unpaired) electrons. The normalized spacial score (nSPS) is 11.1. The number of carbonyl (C=O) groups excluding carboxylic acids is 2. The van der Waals surface area contributed by atoms with Crippen molar-refractivity contribution < 1.29 is 22.9 Å².